The first kappa shape index (κ1) is 18.0. The summed E-state index contributed by atoms with van der Waals surface area (Å²) in [6.45, 7) is 5.12. The number of alkyl halides is 3. The minimum Gasteiger partial charge on any atom is -0.379 e. The van der Waals surface area contributed by atoms with Crippen LogP contribution in [0.2, 0.25) is 5.02 Å². The van der Waals surface area contributed by atoms with Crippen LogP contribution in [0.25, 0.3) is 0 Å². The van der Waals surface area contributed by atoms with Crippen molar-refractivity contribution >= 4 is 17.5 Å². The molecule has 6 nitrogen and oxygen atoms in total. The lowest BCUT2D eigenvalue weighted by atomic mass is 10.3. The Bertz CT molecular complexity index is 556. The van der Waals surface area contributed by atoms with E-state index in [1.165, 1.54) is 6.92 Å². The molecule has 130 valence electrons. The molecule has 2 heterocycles. The second-order valence-corrected chi connectivity index (χ2v) is 5.59. The van der Waals surface area contributed by atoms with Gasteiger partial charge < -0.3 is 10.1 Å². The molecule has 0 bridgehead atoms. The van der Waals surface area contributed by atoms with Crippen LogP contribution in [0.1, 0.15) is 11.4 Å². The smallest absolute Gasteiger partial charge is 0.379 e. The van der Waals surface area contributed by atoms with Crippen LogP contribution in [0.3, 0.4) is 0 Å². The summed E-state index contributed by atoms with van der Waals surface area (Å²) in [4.78, 5) is 14.0. The molecule has 1 fully saturated rings. The van der Waals surface area contributed by atoms with Crippen LogP contribution < -0.4 is 5.32 Å². The van der Waals surface area contributed by atoms with Gasteiger partial charge in [0, 0.05) is 26.2 Å². The van der Waals surface area contributed by atoms with Crippen molar-refractivity contribution in [3.05, 3.63) is 16.4 Å². The minimum absolute atomic E-state index is 0.113. The van der Waals surface area contributed by atoms with E-state index in [-0.39, 0.29) is 12.2 Å². The van der Waals surface area contributed by atoms with E-state index in [4.69, 9.17) is 16.3 Å². The summed E-state index contributed by atoms with van der Waals surface area (Å²) >= 11 is 5.63. The standard InChI is InChI=1S/C13H18ClF3N4O2/c1-9-11(14)12(13(15,16)17)19-21(9)8-10(22)18-2-3-20-4-6-23-7-5-20/h2-8H2,1H3,(H,18,22). The molecule has 2 rings (SSSR count). The van der Waals surface area contributed by atoms with Gasteiger partial charge in [-0.3, -0.25) is 14.4 Å². The molecule has 0 spiro atoms. The molecule has 1 saturated heterocycles. The number of amides is 1. The molecular weight excluding hydrogens is 337 g/mol. The lowest BCUT2D eigenvalue weighted by Crippen LogP contribution is -2.41. The first-order valence-electron chi connectivity index (χ1n) is 7.16. The molecule has 1 aromatic rings. The van der Waals surface area contributed by atoms with E-state index in [9.17, 15) is 18.0 Å². The lowest BCUT2D eigenvalue weighted by Gasteiger charge is -2.26. The summed E-state index contributed by atoms with van der Waals surface area (Å²) < 4.78 is 44.3. The highest BCUT2D eigenvalue weighted by Gasteiger charge is 2.38. The largest absolute Gasteiger partial charge is 0.436 e. The molecule has 10 heteroatoms. The van der Waals surface area contributed by atoms with Crippen LogP contribution in [0.5, 0.6) is 0 Å². The maximum atomic E-state index is 12.7. The zero-order chi connectivity index (χ0) is 17.0. The minimum atomic E-state index is -4.64. The van der Waals surface area contributed by atoms with Gasteiger partial charge in [0.2, 0.25) is 5.91 Å². The van der Waals surface area contributed by atoms with Gasteiger partial charge in [-0.2, -0.15) is 18.3 Å². The molecule has 1 aliphatic rings. The predicted molar refractivity (Wildman–Crippen MR) is 77.2 cm³/mol. The number of nitrogens with one attached hydrogen (secondary N) is 1. The molecule has 23 heavy (non-hydrogen) atoms. The van der Waals surface area contributed by atoms with Gasteiger partial charge in [-0.15, -0.1) is 0 Å². The lowest BCUT2D eigenvalue weighted by molar-refractivity contribution is -0.141. The third-order valence-electron chi connectivity index (χ3n) is 3.55. The Morgan fingerprint density at radius 2 is 2.04 bits per heavy atom. The highest BCUT2D eigenvalue weighted by molar-refractivity contribution is 6.32. The van der Waals surface area contributed by atoms with Crippen LogP contribution in [-0.4, -0.2) is 60.0 Å². The molecule has 0 saturated carbocycles. The topological polar surface area (TPSA) is 59.4 Å². The van der Waals surface area contributed by atoms with Gasteiger partial charge >= 0.3 is 6.18 Å². The van der Waals surface area contributed by atoms with E-state index in [0.717, 1.165) is 17.8 Å². The number of ether oxygens (including phenoxy) is 1. The van der Waals surface area contributed by atoms with Gasteiger partial charge in [-0.1, -0.05) is 11.6 Å². The van der Waals surface area contributed by atoms with E-state index in [1.54, 1.807) is 0 Å². The van der Waals surface area contributed by atoms with E-state index < -0.39 is 22.8 Å². The van der Waals surface area contributed by atoms with Crippen molar-refractivity contribution in [2.45, 2.75) is 19.6 Å². The van der Waals surface area contributed by atoms with Gasteiger partial charge in [-0.05, 0) is 6.92 Å². The van der Waals surface area contributed by atoms with Crippen LogP contribution in [0, 0.1) is 6.92 Å². The Kier molecular flexibility index (Phi) is 5.88. The van der Waals surface area contributed by atoms with E-state index in [2.05, 4.69) is 15.3 Å². The summed E-state index contributed by atoms with van der Waals surface area (Å²) in [6, 6.07) is 0. The van der Waals surface area contributed by atoms with E-state index in [0.29, 0.717) is 26.3 Å². The maximum Gasteiger partial charge on any atom is 0.436 e. The second-order valence-electron chi connectivity index (χ2n) is 5.21. The van der Waals surface area contributed by atoms with Crippen molar-refractivity contribution in [1.29, 1.82) is 0 Å². The van der Waals surface area contributed by atoms with Crippen molar-refractivity contribution < 1.29 is 22.7 Å². The second kappa shape index (κ2) is 7.50. The van der Waals surface area contributed by atoms with Gasteiger partial charge in [0.1, 0.15) is 6.54 Å². The Morgan fingerprint density at radius 3 is 2.61 bits per heavy atom. The molecule has 0 aromatic carbocycles. The number of aromatic nitrogens is 2. The number of carbonyl (C=O) groups is 1. The van der Waals surface area contributed by atoms with Crippen LogP contribution >= 0.6 is 11.6 Å². The van der Waals surface area contributed by atoms with E-state index >= 15 is 0 Å². The summed E-state index contributed by atoms with van der Waals surface area (Å²) in [6.07, 6.45) is -4.64. The van der Waals surface area contributed by atoms with Crippen molar-refractivity contribution in [1.82, 2.24) is 20.0 Å². The van der Waals surface area contributed by atoms with Crippen LogP contribution in [0.15, 0.2) is 0 Å². The third-order valence-corrected chi connectivity index (χ3v) is 4.00. The fraction of sp³-hybridized carbons (Fsp3) is 0.692. The molecule has 0 radical (unpaired) electrons. The molecule has 1 N–H and O–H groups in total. The fourth-order valence-corrected chi connectivity index (χ4v) is 2.47. The number of morpholine rings is 1. The summed E-state index contributed by atoms with van der Waals surface area (Å²) in [5.74, 6) is -0.408. The zero-order valence-corrected chi connectivity index (χ0v) is 13.4. The Morgan fingerprint density at radius 1 is 1.39 bits per heavy atom. The fourth-order valence-electron chi connectivity index (χ4n) is 2.23. The zero-order valence-electron chi connectivity index (χ0n) is 12.6. The highest BCUT2D eigenvalue weighted by atomic mass is 35.5. The highest BCUT2D eigenvalue weighted by Crippen LogP contribution is 2.35. The van der Waals surface area contributed by atoms with Crippen LogP contribution in [0.4, 0.5) is 13.2 Å². The summed E-state index contributed by atoms with van der Waals surface area (Å²) in [7, 11) is 0. The van der Waals surface area contributed by atoms with Gasteiger partial charge in [0.15, 0.2) is 5.69 Å². The molecule has 1 aliphatic heterocycles. The molecule has 1 amide bonds. The molecule has 1 aromatic heterocycles. The predicted octanol–water partition coefficient (Wildman–Crippen LogP) is 1.31. The third kappa shape index (κ3) is 4.82. The van der Waals surface area contributed by atoms with Crippen molar-refractivity contribution in [2.24, 2.45) is 0 Å². The average Bonchev–Trinajstić information content (AvgIpc) is 2.77. The summed E-state index contributed by atoms with van der Waals surface area (Å²) in [5, 5.41) is 5.58. The normalized spacial score (nSPS) is 16.6. The number of hydrogen-bond donors (Lipinski definition) is 1. The van der Waals surface area contributed by atoms with Crippen molar-refractivity contribution in [2.75, 3.05) is 39.4 Å². The van der Waals surface area contributed by atoms with Crippen molar-refractivity contribution in [3.63, 3.8) is 0 Å². The van der Waals surface area contributed by atoms with Crippen molar-refractivity contribution in [3.8, 4) is 0 Å². The number of carbonyl (C=O) groups excluding carboxylic acids is 1. The van der Waals surface area contributed by atoms with Gasteiger partial charge in [0.25, 0.3) is 0 Å². The summed E-state index contributed by atoms with van der Waals surface area (Å²) in [5.41, 5.74) is -1.06. The number of rotatable bonds is 5. The van der Waals surface area contributed by atoms with E-state index in [1.807, 2.05) is 0 Å². The number of halogens is 4. The quantitative estimate of drug-likeness (QED) is 0.866. The molecular formula is C13H18ClF3N4O2. The Hall–Kier alpha value is -1.32. The maximum absolute atomic E-state index is 12.7. The molecule has 0 unspecified atom stereocenters. The Labute approximate surface area is 136 Å². The number of hydrogen-bond acceptors (Lipinski definition) is 4. The Balaban J connectivity index is 1.85. The van der Waals surface area contributed by atoms with Gasteiger partial charge in [-0.25, -0.2) is 0 Å². The number of nitrogens with zero attached hydrogens (tertiary/aromatic N) is 3. The molecule has 0 atom stereocenters. The van der Waals surface area contributed by atoms with Crippen LogP contribution in [-0.2, 0) is 22.3 Å². The first-order chi connectivity index (χ1) is 10.8. The average molecular weight is 355 g/mol. The van der Waals surface area contributed by atoms with Gasteiger partial charge in [0.05, 0.1) is 23.9 Å². The first-order valence-corrected chi connectivity index (χ1v) is 7.53. The monoisotopic (exact) mass is 354 g/mol. The molecule has 0 aliphatic carbocycles. The SMILES string of the molecule is Cc1c(Cl)c(C(F)(F)F)nn1CC(=O)NCCN1CCOCC1.